The van der Waals surface area contributed by atoms with Crippen LogP contribution in [0, 0.1) is 0 Å². The van der Waals surface area contributed by atoms with Gasteiger partial charge in [-0.25, -0.2) is 0 Å². The first kappa shape index (κ1) is 14.4. The van der Waals surface area contributed by atoms with Crippen molar-refractivity contribution in [3.8, 4) is 0 Å². The Morgan fingerprint density at radius 3 is 2.18 bits per heavy atom. The van der Waals surface area contributed by atoms with Gasteiger partial charge in [-0.15, -0.1) is 9.53 Å². The van der Waals surface area contributed by atoms with Gasteiger partial charge in [0, 0.05) is 6.26 Å². The molecule has 2 N–H and O–H groups in total. The van der Waals surface area contributed by atoms with E-state index in [1.54, 1.807) is 0 Å². The number of alkyl halides is 3. The molecular formula is C9H16F3NO3S. The molecular weight excluding hydrogens is 259 g/mol. The molecule has 1 aliphatic rings. The SMILES string of the molecule is CS(=O)(O)(NC(=O)C(F)(F)F)C1CCCCC1. The van der Waals surface area contributed by atoms with Crippen molar-refractivity contribution in [3.63, 3.8) is 0 Å². The minimum atomic E-state index is -5.14. The standard InChI is InChI=1S/C9H16F3NO3S/c1-17(15,16,7-5-3-2-4-6-7)13-8(14)9(10,11)12/h7H,2-6H2,1H3,(H2,13,14,15,16). The average molecular weight is 275 g/mol. The maximum Gasteiger partial charge on any atom is 0.472 e. The molecule has 1 amide bonds. The molecule has 0 unspecified atom stereocenters. The van der Waals surface area contributed by atoms with Gasteiger partial charge in [-0.3, -0.25) is 14.1 Å². The van der Waals surface area contributed by atoms with Crippen LogP contribution in [0.1, 0.15) is 32.1 Å². The Morgan fingerprint density at radius 2 is 1.76 bits per heavy atom. The zero-order chi connectivity index (χ0) is 13.3. The molecule has 0 spiro atoms. The summed E-state index contributed by atoms with van der Waals surface area (Å²) >= 11 is 0. The van der Waals surface area contributed by atoms with Gasteiger partial charge in [0.1, 0.15) is 0 Å². The number of carbonyl (C=O) groups is 1. The molecule has 102 valence electrons. The summed E-state index contributed by atoms with van der Waals surface area (Å²) in [6, 6.07) is 0. The van der Waals surface area contributed by atoms with Gasteiger partial charge < -0.3 is 0 Å². The Bertz CT molecular complexity index is 368. The molecule has 1 rings (SSSR count). The monoisotopic (exact) mass is 275 g/mol. The van der Waals surface area contributed by atoms with E-state index in [1.807, 2.05) is 0 Å². The lowest BCUT2D eigenvalue weighted by atomic mass is 10.0. The number of hydrogen-bond acceptors (Lipinski definition) is 2. The summed E-state index contributed by atoms with van der Waals surface area (Å²) in [4.78, 5) is 10.8. The first-order valence-corrected chi connectivity index (χ1v) is 7.68. The van der Waals surface area contributed by atoms with Crippen LogP contribution in [-0.2, 0) is 14.3 Å². The largest absolute Gasteiger partial charge is 0.472 e. The Balaban J connectivity index is 2.84. The molecule has 0 heterocycles. The molecule has 0 aromatic heterocycles. The summed E-state index contributed by atoms with van der Waals surface area (Å²) in [5.41, 5.74) is 0. The molecule has 1 saturated carbocycles. The van der Waals surface area contributed by atoms with Gasteiger partial charge >= 0.3 is 12.1 Å². The topological polar surface area (TPSA) is 66.4 Å². The summed E-state index contributed by atoms with van der Waals surface area (Å²) in [6.07, 6.45) is -1.35. The van der Waals surface area contributed by atoms with Crippen LogP contribution in [0.25, 0.3) is 0 Å². The van der Waals surface area contributed by atoms with Crippen molar-refractivity contribution in [2.45, 2.75) is 43.5 Å². The van der Waals surface area contributed by atoms with Crippen molar-refractivity contribution in [2.75, 3.05) is 6.26 Å². The van der Waals surface area contributed by atoms with Crippen LogP contribution in [0.4, 0.5) is 13.2 Å². The van der Waals surface area contributed by atoms with E-state index in [4.69, 9.17) is 0 Å². The fourth-order valence-corrected chi connectivity index (χ4v) is 4.16. The lowest BCUT2D eigenvalue weighted by Crippen LogP contribution is -2.59. The molecule has 0 radical (unpaired) electrons. The maximum atomic E-state index is 12.1. The molecule has 0 bridgehead atoms. The summed E-state index contributed by atoms with van der Waals surface area (Å²) in [6.45, 7) is 0. The number of hydrogen-bond donors (Lipinski definition) is 2. The van der Waals surface area contributed by atoms with E-state index in [2.05, 4.69) is 0 Å². The van der Waals surface area contributed by atoms with Crippen LogP contribution in [-0.4, -0.2) is 32.4 Å². The summed E-state index contributed by atoms with van der Waals surface area (Å²) in [5.74, 6) is -2.36. The summed E-state index contributed by atoms with van der Waals surface area (Å²) < 4.78 is 59.5. The van der Waals surface area contributed by atoms with Crippen LogP contribution in [0.3, 0.4) is 0 Å². The molecule has 0 saturated heterocycles. The lowest BCUT2D eigenvalue weighted by molar-refractivity contribution is -0.171. The minimum absolute atomic E-state index is 0.358. The molecule has 8 heteroatoms. The quantitative estimate of drug-likeness (QED) is 0.808. The second kappa shape index (κ2) is 4.24. The van der Waals surface area contributed by atoms with E-state index >= 15 is 0 Å². The van der Waals surface area contributed by atoms with Crippen molar-refractivity contribution in [2.24, 2.45) is 0 Å². The molecule has 4 nitrogen and oxygen atoms in total. The Morgan fingerprint density at radius 1 is 1.29 bits per heavy atom. The highest BCUT2D eigenvalue weighted by atomic mass is 32.3. The van der Waals surface area contributed by atoms with Gasteiger partial charge in [0.05, 0.1) is 5.25 Å². The summed E-state index contributed by atoms with van der Waals surface area (Å²) in [5, 5.41) is -0.799. The highest BCUT2D eigenvalue weighted by molar-refractivity contribution is 8.13. The predicted molar refractivity (Wildman–Crippen MR) is 57.8 cm³/mol. The van der Waals surface area contributed by atoms with Crippen molar-refractivity contribution < 1.29 is 26.7 Å². The van der Waals surface area contributed by atoms with Crippen LogP contribution in [0.2, 0.25) is 0 Å². The number of nitrogens with one attached hydrogen (secondary N) is 1. The van der Waals surface area contributed by atoms with Crippen molar-refractivity contribution in [3.05, 3.63) is 0 Å². The van der Waals surface area contributed by atoms with Gasteiger partial charge in [0.15, 0.2) is 0 Å². The second-order valence-electron chi connectivity index (χ2n) is 4.55. The third kappa shape index (κ3) is 3.67. The lowest BCUT2D eigenvalue weighted by Gasteiger charge is -2.47. The second-order valence-corrected chi connectivity index (χ2v) is 8.13. The molecule has 0 atom stereocenters. The maximum absolute atomic E-state index is 12.1. The van der Waals surface area contributed by atoms with E-state index in [-0.39, 0.29) is 0 Å². The molecule has 0 aromatic rings. The highest BCUT2D eigenvalue weighted by Crippen LogP contribution is 2.33. The third-order valence-corrected chi connectivity index (χ3v) is 5.66. The Labute approximate surface area is 97.3 Å². The van der Waals surface area contributed by atoms with Gasteiger partial charge in [0.25, 0.3) is 0 Å². The average Bonchev–Trinajstić information content (AvgIpc) is 2.16. The first-order valence-electron chi connectivity index (χ1n) is 5.28. The highest BCUT2D eigenvalue weighted by Gasteiger charge is 2.45. The zero-order valence-corrected chi connectivity index (χ0v) is 10.2. The minimum Gasteiger partial charge on any atom is -0.286 e. The van der Waals surface area contributed by atoms with Crippen LogP contribution < -0.4 is 4.72 Å². The summed E-state index contributed by atoms with van der Waals surface area (Å²) in [7, 11) is -4.75. The zero-order valence-electron chi connectivity index (χ0n) is 9.42. The van der Waals surface area contributed by atoms with Crippen LogP contribution in [0.5, 0.6) is 0 Å². The molecule has 0 aromatic carbocycles. The smallest absolute Gasteiger partial charge is 0.286 e. The van der Waals surface area contributed by atoms with E-state index in [1.165, 1.54) is 4.72 Å². The molecule has 1 aliphatic carbocycles. The van der Waals surface area contributed by atoms with Gasteiger partial charge in [-0.1, -0.05) is 19.3 Å². The van der Waals surface area contributed by atoms with Crippen molar-refractivity contribution >= 4 is 15.4 Å². The Kier molecular flexibility index (Phi) is 3.60. The fraction of sp³-hybridized carbons (Fsp3) is 0.889. The van der Waals surface area contributed by atoms with E-state index in [9.17, 15) is 26.7 Å². The number of carbonyl (C=O) groups excluding carboxylic acids is 1. The van der Waals surface area contributed by atoms with Gasteiger partial charge in [-0.2, -0.15) is 17.4 Å². The third-order valence-electron chi connectivity index (χ3n) is 2.94. The first-order chi connectivity index (χ1) is 7.51. The molecule has 1 fully saturated rings. The predicted octanol–water partition coefficient (Wildman–Crippen LogP) is 1.84. The Hall–Kier alpha value is -0.630. The fourth-order valence-electron chi connectivity index (χ4n) is 1.99. The van der Waals surface area contributed by atoms with Crippen LogP contribution >= 0.6 is 0 Å². The molecule has 0 aliphatic heterocycles. The number of amides is 1. The van der Waals surface area contributed by atoms with Gasteiger partial charge in [-0.05, 0) is 12.8 Å². The van der Waals surface area contributed by atoms with Crippen molar-refractivity contribution in [1.82, 2.24) is 4.72 Å². The molecule has 17 heavy (non-hydrogen) atoms. The van der Waals surface area contributed by atoms with E-state index in [0.717, 1.165) is 12.7 Å². The van der Waals surface area contributed by atoms with E-state index in [0.29, 0.717) is 25.7 Å². The van der Waals surface area contributed by atoms with Crippen molar-refractivity contribution in [1.29, 1.82) is 0 Å². The van der Waals surface area contributed by atoms with Crippen LogP contribution in [0.15, 0.2) is 0 Å². The number of halogens is 3. The number of rotatable bonds is 2. The normalized spacial score (nSPS) is 21.6. The van der Waals surface area contributed by atoms with E-state index < -0.39 is 26.9 Å². The van der Waals surface area contributed by atoms with Gasteiger partial charge in [0.2, 0.25) is 0 Å².